The predicted molar refractivity (Wildman–Crippen MR) is 79.9 cm³/mol. The first kappa shape index (κ1) is 12.9. The number of fused-ring (bicyclic) bond motifs is 1. The van der Waals surface area contributed by atoms with Crippen LogP contribution in [0.5, 0.6) is 0 Å². The number of hydrogen-bond donors (Lipinski definition) is 0. The highest BCUT2D eigenvalue weighted by Crippen LogP contribution is 2.49. The van der Waals surface area contributed by atoms with Gasteiger partial charge in [-0.2, -0.15) is 0 Å². The average Bonchev–Trinajstić information content (AvgIpc) is 2.43. The lowest BCUT2D eigenvalue weighted by molar-refractivity contribution is 0.403. The molecule has 92 valence electrons. The number of rotatable bonds is 2. The summed E-state index contributed by atoms with van der Waals surface area (Å²) in [6, 6.07) is 6.85. The van der Waals surface area contributed by atoms with E-state index in [2.05, 4.69) is 68.4 Å². The van der Waals surface area contributed by atoms with Crippen molar-refractivity contribution in [2.45, 2.75) is 44.9 Å². The van der Waals surface area contributed by atoms with Crippen LogP contribution in [-0.4, -0.2) is 5.33 Å². The van der Waals surface area contributed by atoms with Gasteiger partial charge in [-0.3, -0.25) is 0 Å². The molecule has 0 saturated heterocycles. The van der Waals surface area contributed by atoms with Gasteiger partial charge in [0.15, 0.2) is 0 Å². The Kier molecular flexibility index (Phi) is 3.02. The van der Waals surface area contributed by atoms with E-state index in [1.165, 1.54) is 23.1 Å². The summed E-state index contributed by atoms with van der Waals surface area (Å²) in [5, 5.41) is 0.843. The molecule has 1 heteroatoms. The van der Waals surface area contributed by atoms with Crippen LogP contribution in [-0.2, 0) is 10.8 Å². The van der Waals surface area contributed by atoms with Gasteiger partial charge in [-0.25, -0.2) is 0 Å². The molecule has 0 amide bonds. The fourth-order valence-corrected chi connectivity index (χ4v) is 3.61. The molecule has 1 aliphatic rings. The summed E-state index contributed by atoms with van der Waals surface area (Å²) in [5.74, 6) is 0. The molecule has 0 spiro atoms. The van der Waals surface area contributed by atoms with Gasteiger partial charge in [-0.05, 0) is 39.5 Å². The zero-order valence-corrected chi connectivity index (χ0v) is 12.8. The summed E-state index contributed by atoms with van der Waals surface area (Å²) >= 11 is 3.48. The molecule has 0 saturated carbocycles. The summed E-state index contributed by atoms with van der Waals surface area (Å²) in [4.78, 5) is 0. The maximum Gasteiger partial charge on any atom is 0.0283 e. The monoisotopic (exact) mass is 292 g/mol. The number of benzene rings is 1. The van der Waals surface area contributed by atoms with E-state index in [1.54, 1.807) is 0 Å². The second-order valence-electron chi connectivity index (χ2n) is 6.44. The molecule has 0 atom stereocenters. The zero-order valence-electron chi connectivity index (χ0n) is 11.2. The molecule has 0 heterocycles. The van der Waals surface area contributed by atoms with Gasteiger partial charge in [0.05, 0.1) is 0 Å². The molecule has 0 N–H and O–H groups in total. The molecule has 1 aromatic rings. The molecule has 0 radical (unpaired) electrons. The van der Waals surface area contributed by atoms with Crippen LogP contribution in [0.15, 0.2) is 24.8 Å². The summed E-state index contributed by atoms with van der Waals surface area (Å²) in [7, 11) is 0. The fourth-order valence-electron chi connectivity index (χ4n) is 3.29. The molecule has 0 aromatic heterocycles. The Balaban J connectivity index is 2.57. The maximum atomic E-state index is 4.11. The Morgan fingerprint density at radius 1 is 1.18 bits per heavy atom. The third kappa shape index (κ3) is 2.10. The normalized spacial score (nSPS) is 20.1. The summed E-state index contributed by atoms with van der Waals surface area (Å²) < 4.78 is 0. The second-order valence-corrected chi connectivity index (χ2v) is 7.00. The van der Waals surface area contributed by atoms with Gasteiger partial charge in [0.1, 0.15) is 0 Å². The van der Waals surface area contributed by atoms with E-state index in [-0.39, 0.29) is 5.41 Å². The zero-order chi connectivity index (χ0) is 12.8. The molecule has 17 heavy (non-hydrogen) atoms. The Hall–Kier alpha value is -0.560. The fraction of sp³-hybridized carbons (Fsp3) is 0.500. The highest BCUT2D eigenvalue weighted by molar-refractivity contribution is 9.09. The topological polar surface area (TPSA) is 0 Å². The standard InChI is InChI=1S/C16H21Br/c1-11(9-17)12-6-7-13-14(8-12)16(4,5)10-15(13,2)3/h6-8H,1,9-10H2,2-5H3. The number of alkyl halides is 1. The van der Waals surface area contributed by atoms with Crippen LogP contribution in [0.3, 0.4) is 0 Å². The Morgan fingerprint density at radius 2 is 1.76 bits per heavy atom. The molecule has 0 aliphatic heterocycles. The van der Waals surface area contributed by atoms with Gasteiger partial charge in [0.2, 0.25) is 0 Å². The highest BCUT2D eigenvalue weighted by Gasteiger charge is 2.41. The molecular weight excluding hydrogens is 272 g/mol. The van der Waals surface area contributed by atoms with Crippen LogP contribution in [0.4, 0.5) is 0 Å². The van der Waals surface area contributed by atoms with E-state index in [9.17, 15) is 0 Å². The molecular formula is C16H21Br. The van der Waals surface area contributed by atoms with Crippen molar-refractivity contribution in [1.29, 1.82) is 0 Å². The van der Waals surface area contributed by atoms with Crippen molar-refractivity contribution in [3.05, 3.63) is 41.5 Å². The SMILES string of the molecule is C=C(CBr)c1ccc2c(c1)C(C)(C)CC2(C)C. The van der Waals surface area contributed by atoms with Gasteiger partial charge in [0, 0.05) is 5.33 Å². The van der Waals surface area contributed by atoms with Gasteiger partial charge in [-0.15, -0.1) is 0 Å². The van der Waals surface area contributed by atoms with Gasteiger partial charge < -0.3 is 0 Å². The first-order chi connectivity index (χ1) is 7.78. The predicted octanol–water partition coefficient (Wildman–Crippen LogP) is 5.05. The van der Waals surface area contributed by atoms with Crippen LogP contribution in [0.1, 0.15) is 50.8 Å². The minimum atomic E-state index is 0.279. The number of allylic oxidation sites excluding steroid dienone is 1. The van der Waals surface area contributed by atoms with E-state index in [0.717, 1.165) is 10.9 Å². The van der Waals surface area contributed by atoms with Crippen molar-refractivity contribution < 1.29 is 0 Å². The molecule has 1 aromatic carbocycles. The Morgan fingerprint density at radius 3 is 2.35 bits per heavy atom. The summed E-state index contributed by atoms with van der Waals surface area (Å²) in [5.41, 5.74) is 6.02. The summed E-state index contributed by atoms with van der Waals surface area (Å²) in [6.07, 6.45) is 1.22. The Bertz CT molecular complexity index is 466. The van der Waals surface area contributed by atoms with Crippen LogP contribution < -0.4 is 0 Å². The minimum absolute atomic E-state index is 0.279. The van der Waals surface area contributed by atoms with Crippen molar-refractivity contribution >= 4 is 21.5 Å². The highest BCUT2D eigenvalue weighted by atomic mass is 79.9. The average molecular weight is 293 g/mol. The lowest BCUT2D eigenvalue weighted by Crippen LogP contribution is -2.17. The largest absolute Gasteiger partial charge is 0.0944 e. The third-order valence-corrected chi connectivity index (χ3v) is 4.61. The van der Waals surface area contributed by atoms with Gasteiger partial charge in [-0.1, -0.05) is 68.4 Å². The maximum absolute atomic E-state index is 4.11. The van der Waals surface area contributed by atoms with E-state index in [1.807, 2.05) is 0 Å². The Labute approximate surface area is 113 Å². The molecule has 1 aliphatic carbocycles. The smallest absolute Gasteiger partial charge is 0.0283 e. The second kappa shape index (κ2) is 3.98. The molecule has 0 fully saturated rings. The van der Waals surface area contributed by atoms with E-state index in [0.29, 0.717) is 5.41 Å². The first-order valence-corrected chi connectivity index (χ1v) is 7.29. The third-order valence-electron chi connectivity index (χ3n) is 3.93. The van der Waals surface area contributed by atoms with Gasteiger partial charge in [0.25, 0.3) is 0 Å². The first-order valence-electron chi connectivity index (χ1n) is 6.17. The van der Waals surface area contributed by atoms with Crippen LogP contribution in [0, 0.1) is 0 Å². The van der Waals surface area contributed by atoms with E-state index >= 15 is 0 Å². The lowest BCUT2D eigenvalue weighted by Gasteiger charge is -2.22. The summed E-state index contributed by atoms with van der Waals surface area (Å²) in [6.45, 7) is 13.5. The number of hydrogen-bond acceptors (Lipinski definition) is 0. The van der Waals surface area contributed by atoms with Crippen molar-refractivity contribution in [3.8, 4) is 0 Å². The molecule has 0 unspecified atom stereocenters. The van der Waals surface area contributed by atoms with Crippen molar-refractivity contribution in [2.75, 3.05) is 5.33 Å². The van der Waals surface area contributed by atoms with Crippen molar-refractivity contribution in [2.24, 2.45) is 0 Å². The van der Waals surface area contributed by atoms with Crippen LogP contribution in [0.2, 0.25) is 0 Å². The quantitative estimate of drug-likeness (QED) is 0.669. The minimum Gasteiger partial charge on any atom is -0.0944 e. The molecule has 2 rings (SSSR count). The van der Waals surface area contributed by atoms with Crippen molar-refractivity contribution in [3.63, 3.8) is 0 Å². The van der Waals surface area contributed by atoms with E-state index in [4.69, 9.17) is 0 Å². The van der Waals surface area contributed by atoms with E-state index < -0.39 is 0 Å². The van der Waals surface area contributed by atoms with Crippen molar-refractivity contribution in [1.82, 2.24) is 0 Å². The number of halogens is 1. The molecule has 0 nitrogen and oxygen atoms in total. The molecule has 0 bridgehead atoms. The van der Waals surface area contributed by atoms with Crippen LogP contribution >= 0.6 is 15.9 Å². The van der Waals surface area contributed by atoms with Gasteiger partial charge >= 0.3 is 0 Å². The lowest BCUT2D eigenvalue weighted by atomic mass is 9.82. The van der Waals surface area contributed by atoms with Crippen LogP contribution in [0.25, 0.3) is 5.57 Å².